The van der Waals surface area contributed by atoms with Crippen LogP contribution in [0, 0.1) is 0 Å². The third-order valence-electron chi connectivity index (χ3n) is 1.74. The number of allylic oxidation sites excluding steroid dienone is 1. The monoisotopic (exact) mass is 169 g/mol. The molecule has 0 unspecified atom stereocenters. The van der Waals surface area contributed by atoms with Gasteiger partial charge in [-0.25, -0.2) is 0 Å². The highest BCUT2D eigenvalue weighted by Gasteiger charge is 2.06. The van der Waals surface area contributed by atoms with Crippen LogP contribution in [0.2, 0.25) is 0 Å². The fraction of sp³-hybridized carbons (Fsp3) is 0.818. The van der Waals surface area contributed by atoms with Crippen LogP contribution in [0.4, 0.5) is 0 Å². The number of nitrogens with one attached hydrogen (secondary N) is 1. The van der Waals surface area contributed by atoms with Gasteiger partial charge in [0.15, 0.2) is 0 Å². The molecule has 1 nitrogen and oxygen atoms in total. The Bertz CT molecular complexity index is 111. The minimum absolute atomic E-state index is 0.276. The average Bonchev–Trinajstić information content (AvgIpc) is 1.94. The minimum Gasteiger partial charge on any atom is -0.312 e. The smallest absolute Gasteiger partial charge is 0.00965 e. The molecule has 0 amide bonds. The zero-order chi connectivity index (χ0) is 9.45. The number of rotatable bonds is 6. The number of hydrogen-bond acceptors (Lipinski definition) is 1. The molecule has 0 spiro atoms. The van der Waals surface area contributed by atoms with Gasteiger partial charge in [-0.05, 0) is 46.6 Å². The Kier molecular flexibility index (Phi) is 6.09. The van der Waals surface area contributed by atoms with Gasteiger partial charge < -0.3 is 5.32 Å². The van der Waals surface area contributed by atoms with Crippen molar-refractivity contribution in [2.75, 3.05) is 6.54 Å². The predicted molar refractivity (Wildman–Crippen MR) is 56.4 cm³/mol. The minimum atomic E-state index is 0.276. The van der Waals surface area contributed by atoms with E-state index in [9.17, 15) is 0 Å². The lowest BCUT2D eigenvalue weighted by molar-refractivity contribution is 0.417. The Morgan fingerprint density at radius 1 is 1.17 bits per heavy atom. The summed E-state index contributed by atoms with van der Waals surface area (Å²) < 4.78 is 0. The number of unbranched alkanes of at least 4 members (excludes halogenated alkanes) is 3. The van der Waals surface area contributed by atoms with Gasteiger partial charge in [-0.3, -0.25) is 0 Å². The van der Waals surface area contributed by atoms with E-state index in [0.717, 1.165) is 13.0 Å². The van der Waals surface area contributed by atoms with Crippen LogP contribution in [0.15, 0.2) is 12.7 Å². The van der Waals surface area contributed by atoms with E-state index in [1.165, 1.54) is 19.3 Å². The first-order valence-corrected chi connectivity index (χ1v) is 4.92. The summed E-state index contributed by atoms with van der Waals surface area (Å²) in [5.74, 6) is 0. The second-order valence-corrected chi connectivity index (χ2v) is 4.31. The van der Waals surface area contributed by atoms with Gasteiger partial charge in [0.05, 0.1) is 0 Å². The van der Waals surface area contributed by atoms with Gasteiger partial charge in [-0.1, -0.05) is 12.5 Å². The van der Waals surface area contributed by atoms with Crippen LogP contribution in [-0.2, 0) is 0 Å². The third kappa shape index (κ3) is 9.70. The van der Waals surface area contributed by atoms with Crippen molar-refractivity contribution in [1.82, 2.24) is 5.32 Å². The molecule has 0 aliphatic rings. The first kappa shape index (κ1) is 11.7. The summed E-state index contributed by atoms with van der Waals surface area (Å²) in [5.41, 5.74) is 0.276. The Labute approximate surface area is 77.2 Å². The Morgan fingerprint density at radius 2 is 1.83 bits per heavy atom. The standard InChI is InChI=1S/C11H23N/c1-5-6-7-8-9-10-12-11(2,3)4/h5,12H,1,6-10H2,2-4H3. The first-order valence-electron chi connectivity index (χ1n) is 4.92. The van der Waals surface area contributed by atoms with Gasteiger partial charge in [0, 0.05) is 5.54 Å². The molecule has 0 aromatic heterocycles. The van der Waals surface area contributed by atoms with Gasteiger partial charge in [0.1, 0.15) is 0 Å². The Balaban J connectivity index is 3.06. The molecular weight excluding hydrogens is 146 g/mol. The summed E-state index contributed by atoms with van der Waals surface area (Å²) in [4.78, 5) is 0. The Morgan fingerprint density at radius 3 is 2.33 bits per heavy atom. The van der Waals surface area contributed by atoms with E-state index < -0.39 is 0 Å². The van der Waals surface area contributed by atoms with Crippen LogP contribution >= 0.6 is 0 Å². The summed E-state index contributed by atoms with van der Waals surface area (Å²) in [5, 5.41) is 3.47. The van der Waals surface area contributed by atoms with E-state index in [1.54, 1.807) is 0 Å². The molecular formula is C11H23N. The van der Waals surface area contributed by atoms with Crippen LogP contribution in [0.25, 0.3) is 0 Å². The summed E-state index contributed by atoms with van der Waals surface area (Å²) in [6.45, 7) is 11.5. The van der Waals surface area contributed by atoms with Gasteiger partial charge in [-0.2, -0.15) is 0 Å². The summed E-state index contributed by atoms with van der Waals surface area (Å²) >= 11 is 0. The van der Waals surface area contributed by atoms with Crippen molar-refractivity contribution >= 4 is 0 Å². The van der Waals surface area contributed by atoms with Crippen molar-refractivity contribution in [3.63, 3.8) is 0 Å². The lowest BCUT2D eigenvalue weighted by Gasteiger charge is -2.20. The lowest BCUT2D eigenvalue weighted by atomic mass is 10.1. The first-order chi connectivity index (χ1) is 5.56. The molecule has 0 rings (SSSR count). The van der Waals surface area contributed by atoms with Crippen molar-refractivity contribution in [3.05, 3.63) is 12.7 Å². The van der Waals surface area contributed by atoms with Gasteiger partial charge in [-0.15, -0.1) is 6.58 Å². The quantitative estimate of drug-likeness (QED) is 0.476. The largest absolute Gasteiger partial charge is 0.312 e. The molecule has 0 radical (unpaired) electrons. The average molecular weight is 169 g/mol. The molecule has 12 heavy (non-hydrogen) atoms. The molecule has 0 heterocycles. The van der Waals surface area contributed by atoms with Crippen molar-refractivity contribution in [1.29, 1.82) is 0 Å². The second kappa shape index (κ2) is 6.24. The molecule has 0 aliphatic carbocycles. The van der Waals surface area contributed by atoms with Crippen LogP contribution in [0.5, 0.6) is 0 Å². The van der Waals surface area contributed by atoms with Crippen molar-refractivity contribution in [2.24, 2.45) is 0 Å². The van der Waals surface area contributed by atoms with Crippen LogP contribution in [-0.4, -0.2) is 12.1 Å². The molecule has 0 saturated carbocycles. The number of hydrogen-bond donors (Lipinski definition) is 1. The Hall–Kier alpha value is -0.300. The highest BCUT2D eigenvalue weighted by atomic mass is 14.9. The SMILES string of the molecule is C=CCCCCCNC(C)(C)C. The maximum absolute atomic E-state index is 3.70. The topological polar surface area (TPSA) is 12.0 Å². The molecule has 0 bridgehead atoms. The normalized spacial score (nSPS) is 11.6. The summed E-state index contributed by atoms with van der Waals surface area (Å²) in [7, 11) is 0. The molecule has 0 aromatic carbocycles. The fourth-order valence-corrected chi connectivity index (χ4v) is 1.05. The fourth-order valence-electron chi connectivity index (χ4n) is 1.05. The van der Waals surface area contributed by atoms with Gasteiger partial charge in [0.25, 0.3) is 0 Å². The van der Waals surface area contributed by atoms with E-state index >= 15 is 0 Å². The van der Waals surface area contributed by atoms with Gasteiger partial charge in [0.2, 0.25) is 0 Å². The second-order valence-electron chi connectivity index (χ2n) is 4.31. The van der Waals surface area contributed by atoms with E-state index in [1.807, 2.05) is 6.08 Å². The summed E-state index contributed by atoms with van der Waals surface area (Å²) in [6, 6.07) is 0. The van der Waals surface area contributed by atoms with Crippen LogP contribution < -0.4 is 5.32 Å². The zero-order valence-electron chi connectivity index (χ0n) is 8.82. The molecule has 72 valence electrons. The molecule has 1 N–H and O–H groups in total. The van der Waals surface area contributed by atoms with E-state index in [0.29, 0.717) is 0 Å². The third-order valence-corrected chi connectivity index (χ3v) is 1.74. The van der Waals surface area contributed by atoms with E-state index in [2.05, 4.69) is 32.7 Å². The molecule has 0 saturated heterocycles. The highest BCUT2D eigenvalue weighted by Crippen LogP contribution is 2.02. The molecule has 1 heteroatoms. The van der Waals surface area contributed by atoms with Crippen molar-refractivity contribution in [2.45, 2.75) is 52.0 Å². The van der Waals surface area contributed by atoms with E-state index in [4.69, 9.17) is 0 Å². The lowest BCUT2D eigenvalue weighted by Crippen LogP contribution is -2.36. The predicted octanol–water partition coefficient (Wildman–Crippen LogP) is 3.12. The van der Waals surface area contributed by atoms with Crippen LogP contribution in [0.1, 0.15) is 46.5 Å². The van der Waals surface area contributed by atoms with Crippen molar-refractivity contribution in [3.8, 4) is 0 Å². The molecule has 0 aliphatic heterocycles. The van der Waals surface area contributed by atoms with Gasteiger partial charge >= 0.3 is 0 Å². The summed E-state index contributed by atoms with van der Waals surface area (Å²) in [6.07, 6.45) is 7.04. The maximum Gasteiger partial charge on any atom is 0.00965 e. The molecule has 0 aromatic rings. The maximum atomic E-state index is 3.70. The van der Waals surface area contributed by atoms with E-state index in [-0.39, 0.29) is 5.54 Å². The molecule has 0 fully saturated rings. The van der Waals surface area contributed by atoms with Crippen molar-refractivity contribution < 1.29 is 0 Å². The zero-order valence-corrected chi connectivity index (χ0v) is 8.82. The highest BCUT2D eigenvalue weighted by molar-refractivity contribution is 4.70. The van der Waals surface area contributed by atoms with Crippen LogP contribution in [0.3, 0.4) is 0 Å². The molecule has 0 atom stereocenters.